The first-order valence-electron chi connectivity index (χ1n) is 8.05. The number of carbonyl (C=O) groups excluding carboxylic acids is 1. The maximum Gasteiger partial charge on any atom is 0.264 e. The van der Waals surface area contributed by atoms with E-state index in [-0.39, 0.29) is 11.9 Å². The summed E-state index contributed by atoms with van der Waals surface area (Å²) in [5.41, 5.74) is 4.78. The molecule has 128 valence electrons. The molecule has 1 saturated heterocycles. The number of benzene rings is 1. The fourth-order valence-corrected chi connectivity index (χ4v) is 4.02. The van der Waals surface area contributed by atoms with Crippen LogP contribution in [0.3, 0.4) is 0 Å². The largest absolute Gasteiger partial charge is 0.497 e. The molecular formula is C17H21N3O4. The van der Waals surface area contributed by atoms with E-state index in [1.54, 1.807) is 20.2 Å². The van der Waals surface area contributed by atoms with Crippen LogP contribution in [-0.2, 0) is 15.1 Å². The van der Waals surface area contributed by atoms with Crippen LogP contribution in [0.25, 0.3) is 0 Å². The summed E-state index contributed by atoms with van der Waals surface area (Å²) < 4.78 is 17.6. The number of nitrogens with two attached hydrogens (primary N) is 1. The van der Waals surface area contributed by atoms with Gasteiger partial charge in [0.2, 0.25) is 5.54 Å². The van der Waals surface area contributed by atoms with Gasteiger partial charge in [-0.2, -0.15) is 0 Å². The summed E-state index contributed by atoms with van der Waals surface area (Å²) in [6.07, 6.45) is 1.13. The normalized spacial score (nSPS) is 34.5. The number of methoxy groups -OCH3 is 1. The Balaban J connectivity index is 2.00. The lowest BCUT2D eigenvalue weighted by atomic mass is 9.71. The lowest BCUT2D eigenvalue weighted by molar-refractivity contribution is -0.175. The molecule has 0 aromatic heterocycles. The van der Waals surface area contributed by atoms with Crippen molar-refractivity contribution in [1.29, 1.82) is 0 Å². The molecule has 3 aliphatic heterocycles. The quantitative estimate of drug-likeness (QED) is 0.830. The molecule has 4 rings (SSSR count). The van der Waals surface area contributed by atoms with E-state index in [1.165, 1.54) is 4.90 Å². The van der Waals surface area contributed by atoms with Gasteiger partial charge in [0.05, 0.1) is 7.11 Å². The van der Waals surface area contributed by atoms with Crippen molar-refractivity contribution in [3.63, 3.8) is 0 Å². The summed E-state index contributed by atoms with van der Waals surface area (Å²) in [4.78, 5) is 19.2. The van der Waals surface area contributed by atoms with Crippen LogP contribution in [0.5, 0.6) is 11.5 Å². The monoisotopic (exact) mass is 331 g/mol. The van der Waals surface area contributed by atoms with Gasteiger partial charge in [-0.25, -0.2) is 4.99 Å². The van der Waals surface area contributed by atoms with E-state index in [2.05, 4.69) is 4.99 Å². The number of nitrogens with zero attached hydrogens (tertiary/aromatic N) is 2. The van der Waals surface area contributed by atoms with Crippen LogP contribution >= 0.6 is 0 Å². The van der Waals surface area contributed by atoms with E-state index < -0.39 is 17.2 Å². The van der Waals surface area contributed by atoms with E-state index in [4.69, 9.17) is 19.9 Å². The van der Waals surface area contributed by atoms with Gasteiger partial charge in [0, 0.05) is 19.2 Å². The number of likely N-dealkylation sites (N-methyl/N-ethyl adjacent to an activating group) is 1. The molecule has 24 heavy (non-hydrogen) atoms. The Labute approximate surface area is 140 Å². The van der Waals surface area contributed by atoms with Gasteiger partial charge in [0.25, 0.3) is 5.91 Å². The molecule has 3 heterocycles. The molecule has 0 saturated carbocycles. The van der Waals surface area contributed by atoms with E-state index in [0.717, 1.165) is 12.8 Å². The van der Waals surface area contributed by atoms with Gasteiger partial charge >= 0.3 is 0 Å². The van der Waals surface area contributed by atoms with Crippen LogP contribution in [0.1, 0.15) is 25.3 Å². The first kappa shape index (κ1) is 15.3. The zero-order chi connectivity index (χ0) is 17.1. The second-order valence-corrected chi connectivity index (χ2v) is 6.73. The highest BCUT2D eigenvalue weighted by Crippen LogP contribution is 2.53. The van der Waals surface area contributed by atoms with Crippen molar-refractivity contribution in [3.8, 4) is 11.5 Å². The van der Waals surface area contributed by atoms with Crippen LogP contribution in [0, 0.1) is 0 Å². The number of fused-ring (bicyclic) bond motifs is 4. The zero-order valence-corrected chi connectivity index (χ0v) is 14.0. The van der Waals surface area contributed by atoms with Crippen molar-refractivity contribution in [1.82, 2.24) is 4.90 Å². The molecule has 0 aliphatic carbocycles. The van der Waals surface area contributed by atoms with E-state index in [1.807, 2.05) is 19.1 Å². The summed E-state index contributed by atoms with van der Waals surface area (Å²) in [5, 5.41) is 0. The lowest BCUT2D eigenvalue weighted by Crippen LogP contribution is -2.64. The standard InChI is InChI=1S/C17H21N3O4/c1-16-7-4-8-23-13(16)17(14(21)20(2)15(18)19-17)11-9-10(22-3)5-6-12(11)24-16/h5-6,9,13H,4,7-8H2,1-3H3,(H2,18,19). The summed E-state index contributed by atoms with van der Waals surface area (Å²) in [6, 6.07) is 5.43. The summed E-state index contributed by atoms with van der Waals surface area (Å²) in [6.45, 7) is 2.54. The van der Waals surface area contributed by atoms with Crippen LogP contribution < -0.4 is 15.2 Å². The minimum atomic E-state index is -1.23. The number of aliphatic imine (C=N–C) groups is 1. The summed E-state index contributed by atoms with van der Waals surface area (Å²) in [5.74, 6) is 1.25. The molecule has 1 aromatic carbocycles. The van der Waals surface area contributed by atoms with Crippen LogP contribution in [0.2, 0.25) is 0 Å². The highest BCUT2D eigenvalue weighted by atomic mass is 16.6. The fraction of sp³-hybridized carbons (Fsp3) is 0.529. The Kier molecular flexibility index (Phi) is 3.09. The third-order valence-electron chi connectivity index (χ3n) is 5.24. The number of hydrogen-bond acceptors (Lipinski definition) is 6. The topological polar surface area (TPSA) is 86.4 Å². The zero-order valence-electron chi connectivity index (χ0n) is 14.0. The molecule has 1 aromatic rings. The van der Waals surface area contributed by atoms with Gasteiger partial charge in [-0.05, 0) is 38.0 Å². The second kappa shape index (κ2) is 4.86. The number of guanidine groups is 1. The molecule has 3 aliphatic rings. The highest BCUT2D eigenvalue weighted by molar-refractivity contribution is 6.08. The van der Waals surface area contributed by atoms with E-state index >= 15 is 0 Å². The highest BCUT2D eigenvalue weighted by Gasteiger charge is 2.65. The van der Waals surface area contributed by atoms with Gasteiger partial charge in [0.1, 0.15) is 23.2 Å². The molecule has 7 heteroatoms. The number of rotatable bonds is 1. The molecule has 1 spiro atoms. The number of carbonyl (C=O) groups is 1. The van der Waals surface area contributed by atoms with E-state index in [9.17, 15) is 4.79 Å². The fourth-order valence-electron chi connectivity index (χ4n) is 4.02. The van der Waals surface area contributed by atoms with Crippen molar-refractivity contribution in [2.75, 3.05) is 20.8 Å². The molecule has 3 unspecified atom stereocenters. The maximum absolute atomic E-state index is 13.2. The Bertz CT molecular complexity index is 749. The predicted molar refractivity (Wildman–Crippen MR) is 87.1 cm³/mol. The Morgan fingerprint density at radius 1 is 1.46 bits per heavy atom. The first-order valence-corrected chi connectivity index (χ1v) is 8.05. The molecule has 2 N–H and O–H groups in total. The second-order valence-electron chi connectivity index (χ2n) is 6.73. The van der Waals surface area contributed by atoms with Crippen LogP contribution in [0.15, 0.2) is 23.2 Å². The maximum atomic E-state index is 13.2. The molecule has 3 atom stereocenters. The molecule has 0 radical (unpaired) electrons. The molecule has 0 bridgehead atoms. The van der Waals surface area contributed by atoms with Crippen molar-refractivity contribution >= 4 is 11.9 Å². The Morgan fingerprint density at radius 3 is 2.92 bits per heavy atom. The third kappa shape index (κ3) is 1.76. The molecule has 1 fully saturated rings. The Morgan fingerprint density at radius 2 is 2.25 bits per heavy atom. The van der Waals surface area contributed by atoms with Crippen LogP contribution in [0.4, 0.5) is 0 Å². The van der Waals surface area contributed by atoms with Gasteiger partial charge in [0.15, 0.2) is 5.96 Å². The van der Waals surface area contributed by atoms with Crippen molar-refractivity contribution in [3.05, 3.63) is 23.8 Å². The third-order valence-corrected chi connectivity index (χ3v) is 5.24. The van der Waals surface area contributed by atoms with Crippen molar-refractivity contribution in [2.45, 2.75) is 37.0 Å². The lowest BCUT2D eigenvalue weighted by Gasteiger charge is -2.51. The average Bonchev–Trinajstić information content (AvgIpc) is 2.79. The Hall–Kier alpha value is -2.28. The predicted octanol–water partition coefficient (Wildman–Crippen LogP) is 1.01. The number of ether oxygens (including phenoxy) is 3. The number of hydrogen-bond donors (Lipinski definition) is 1. The van der Waals surface area contributed by atoms with Crippen molar-refractivity contribution in [2.24, 2.45) is 10.7 Å². The molecule has 1 amide bonds. The average molecular weight is 331 g/mol. The van der Waals surface area contributed by atoms with E-state index in [0.29, 0.717) is 23.7 Å². The summed E-state index contributed by atoms with van der Waals surface area (Å²) >= 11 is 0. The van der Waals surface area contributed by atoms with Gasteiger partial charge in [-0.1, -0.05) is 0 Å². The first-order chi connectivity index (χ1) is 11.4. The minimum absolute atomic E-state index is 0.187. The smallest absolute Gasteiger partial charge is 0.264 e. The van der Waals surface area contributed by atoms with Crippen molar-refractivity contribution < 1.29 is 19.0 Å². The summed E-state index contributed by atoms with van der Waals surface area (Å²) in [7, 11) is 3.21. The SMILES string of the molecule is COc1ccc2c(c1)C1(N=C(N)N(C)C1=O)C1OCCCC1(C)O2. The minimum Gasteiger partial charge on any atom is -0.497 e. The van der Waals surface area contributed by atoms with Gasteiger partial charge in [-0.3, -0.25) is 9.69 Å². The van der Waals surface area contributed by atoms with Crippen LogP contribution in [-0.4, -0.2) is 49.2 Å². The number of amides is 1. The van der Waals surface area contributed by atoms with Gasteiger partial charge < -0.3 is 19.9 Å². The molecule has 7 nitrogen and oxygen atoms in total. The van der Waals surface area contributed by atoms with Gasteiger partial charge in [-0.15, -0.1) is 0 Å². The molecular weight excluding hydrogens is 310 g/mol.